The summed E-state index contributed by atoms with van der Waals surface area (Å²) in [7, 11) is -2.18. The van der Waals surface area contributed by atoms with Crippen molar-refractivity contribution in [2.24, 2.45) is 0 Å². The maximum absolute atomic E-state index is 13.3. The average Bonchev–Trinajstić information content (AvgIpc) is 2.57. The van der Waals surface area contributed by atoms with Crippen molar-refractivity contribution >= 4 is 23.4 Å². The maximum atomic E-state index is 13.3. The zero-order valence-electron chi connectivity index (χ0n) is 13.7. The topological polar surface area (TPSA) is 35.5 Å². The van der Waals surface area contributed by atoms with Crippen LogP contribution in [0.5, 0.6) is 0 Å². The second kappa shape index (κ2) is 5.69. The van der Waals surface area contributed by atoms with Crippen LogP contribution in [-0.2, 0) is 20.1 Å². The quantitative estimate of drug-likeness (QED) is 0.800. The third kappa shape index (κ3) is 2.98. The van der Waals surface area contributed by atoms with E-state index in [1.54, 1.807) is 6.92 Å². The number of aryl methyl sites for hydroxylation is 1. The van der Waals surface area contributed by atoms with Crippen molar-refractivity contribution in [3.8, 4) is 0 Å². The molecule has 0 radical (unpaired) electrons. The lowest BCUT2D eigenvalue weighted by molar-refractivity contribution is 0.00578. The molecule has 122 valence electrons. The Bertz CT molecular complexity index is 601. The van der Waals surface area contributed by atoms with Gasteiger partial charge in [-0.2, -0.15) is 0 Å². The number of hydrogen-bond donors (Lipinski definition) is 0. The molecule has 1 unspecified atom stereocenters. The monoisotopic (exact) mass is 330 g/mol. The van der Waals surface area contributed by atoms with E-state index in [0.29, 0.717) is 5.46 Å². The first-order chi connectivity index (χ1) is 9.96. The molecule has 1 fully saturated rings. The van der Waals surface area contributed by atoms with Crippen molar-refractivity contribution < 1.29 is 22.3 Å². The zero-order valence-corrected chi connectivity index (χ0v) is 14.5. The fraction of sp³-hybridized carbons (Fsp3) is 0.600. The minimum Gasteiger partial charge on any atom is -0.399 e. The molecule has 0 aromatic heterocycles. The highest BCUT2D eigenvalue weighted by molar-refractivity contribution is 7.84. The van der Waals surface area contributed by atoms with Gasteiger partial charge in [-0.3, -0.25) is 4.21 Å². The molecule has 1 saturated heterocycles. The van der Waals surface area contributed by atoms with E-state index in [1.807, 2.05) is 27.7 Å². The van der Waals surface area contributed by atoms with E-state index >= 15 is 0 Å². The minimum absolute atomic E-state index is 0.160. The lowest BCUT2D eigenvalue weighted by Crippen LogP contribution is -2.41. The molecule has 22 heavy (non-hydrogen) atoms. The molecule has 1 aliphatic heterocycles. The molecule has 1 aromatic carbocycles. The lowest BCUT2D eigenvalue weighted by Gasteiger charge is -2.32. The van der Waals surface area contributed by atoms with E-state index in [9.17, 15) is 13.0 Å². The van der Waals surface area contributed by atoms with Crippen LogP contribution >= 0.6 is 0 Å². The smallest absolute Gasteiger partial charge is 0.399 e. The Hall–Kier alpha value is -0.785. The highest BCUT2D eigenvalue weighted by Crippen LogP contribution is 2.37. The van der Waals surface area contributed by atoms with Crippen LogP contribution in [0.3, 0.4) is 0 Å². The van der Waals surface area contributed by atoms with Crippen molar-refractivity contribution in [1.82, 2.24) is 0 Å². The normalized spacial score (nSPS) is 21.4. The second-order valence-corrected chi connectivity index (χ2v) is 7.94. The molecule has 3 nitrogen and oxygen atoms in total. The van der Waals surface area contributed by atoms with E-state index in [4.69, 9.17) is 9.31 Å². The highest BCUT2D eigenvalue weighted by Gasteiger charge is 2.52. The first-order valence-electron chi connectivity index (χ1n) is 7.08. The molecule has 0 N–H and O–H groups in total. The summed E-state index contributed by atoms with van der Waals surface area (Å²) in [4.78, 5) is 0.160. The summed E-state index contributed by atoms with van der Waals surface area (Å²) in [5.41, 5.74) is -0.0183. The Balaban J connectivity index is 2.50. The Labute approximate surface area is 133 Å². The van der Waals surface area contributed by atoms with Crippen molar-refractivity contribution in [2.45, 2.75) is 57.1 Å². The first kappa shape index (κ1) is 17.6. The molecule has 2 rings (SSSR count). The second-order valence-electron chi connectivity index (χ2n) is 6.59. The molecule has 0 bridgehead atoms. The van der Waals surface area contributed by atoms with E-state index in [1.165, 1.54) is 18.4 Å². The van der Waals surface area contributed by atoms with E-state index in [-0.39, 0.29) is 10.5 Å². The molecule has 1 aromatic rings. The van der Waals surface area contributed by atoms with Gasteiger partial charge < -0.3 is 9.31 Å². The van der Waals surface area contributed by atoms with Crippen LogP contribution in [0.25, 0.3) is 0 Å². The molecular formula is C15H21BF2O3S. The van der Waals surface area contributed by atoms with Crippen molar-refractivity contribution in [2.75, 3.05) is 6.26 Å². The van der Waals surface area contributed by atoms with Crippen LogP contribution in [0.2, 0.25) is 0 Å². The Morgan fingerprint density at radius 3 is 2.05 bits per heavy atom. The van der Waals surface area contributed by atoms with Crippen LogP contribution in [0.15, 0.2) is 17.0 Å². The molecule has 0 saturated carbocycles. The van der Waals surface area contributed by atoms with Gasteiger partial charge in [-0.1, -0.05) is 11.6 Å². The van der Waals surface area contributed by atoms with Gasteiger partial charge in [0, 0.05) is 16.7 Å². The predicted octanol–water partition coefficient (Wildman–Crippen LogP) is 2.97. The maximum Gasteiger partial charge on any atom is 0.495 e. The summed E-state index contributed by atoms with van der Waals surface area (Å²) < 4.78 is 50.1. The number of hydrogen-bond acceptors (Lipinski definition) is 3. The third-order valence-corrected chi connectivity index (χ3v) is 5.42. The summed E-state index contributed by atoms with van der Waals surface area (Å²) >= 11 is 0. The number of halogens is 2. The molecule has 1 aliphatic rings. The molecule has 0 amide bonds. The number of benzene rings is 1. The molecule has 0 aliphatic carbocycles. The van der Waals surface area contributed by atoms with Gasteiger partial charge in [0.2, 0.25) is 0 Å². The largest absolute Gasteiger partial charge is 0.495 e. The lowest BCUT2D eigenvalue weighted by atomic mass is 9.75. The summed E-state index contributed by atoms with van der Waals surface area (Å²) in [5.74, 6) is 0. The third-order valence-electron chi connectivity index (χ3n) is 4.45. The molecule has 1 atom stereocenters. The first-order valence-corrected chi connectivity index (χ1v) is 8.64. The highest BCUT2D eigenvalue weighted by atomic mass is 32.2. The predicted molar refractivity (Wildman–Crippen MR) is 84.2 cm³/mol. The van der Waals surface area contributed by atoms with Gasteiger partial charge in [-0.05, 0) is 46.1 Å². The van der Waals surface area contributed by atoms with Gasteiger partial charge in [0.25, 0.3) is 6.43 Å². The summed E-state index contributed by atoms with van der Waals surface area (Å²) in [6.07, 6.45) is -1.30. The average molecular weight is 330 g/mol. The fourth-order valence-electron chi connectivity index (χ4n) is 2.36. The van der Waals surface area contributed by atoms with E-state index in [0.717, 1.165) is 5.56 Å². The van der Waals surface area contributed by atoms with Gasteiger partial charge in [0.15, 0.2) is 0 Å². The van der Waals surface area contributed by atoms with E-state index in [2.05, 4.69) is 0 Å². The van der Waals surface area contributed by atoms with Crippen LogP contribution in [-0.4, -0.2) is 28.8 Å². The van der Waals surface area contributed by atoms with Crippen LogP contribution < -0.4 is 5.46 Å². The molecule has 1 heterocycles. The zero-order chi connectivity index (χ0) is 16.9. The summed E-state index contributed by atoms with van der Waals surface area (Å²) in [6.45, 7) is 9.42. The van der Waals surface area contributed by atoms with Gasteiger partial charge in [-0.25, -0.2) is 8.78 Å². The Morgan fingerprint density at radius 1 is 1.14 bits per heavy atom. The van der Waals surface area contributed by atoms with Crippen LogP contribution in [0.4, 0.5) is 8.78 Å². The summed E-state index contributed by atoms with van der Waals surface area (Å²) in [6, 6.07) is 2.90. The number of rotatable bonds is 3. The molecule has 7 heteroatoms. The number of alkyl halides is 2. The SMILES string of the molecule is Cc1cc(S(C)=O)c(C(F)F)cc1B1OC(C)(C)C(C)(C)O1. The molecular weight excluding hydrogens is 309 g/mol. The Morgan fingerprint density at radius 2 is 1.64 bits per heavy atom. The fourth-order valence-corrected chi connectivity index (χ4v) is 3.18. The standard InChI is InChI=1S/C15H21BF2O3S/c1-9-7-12(22(6)19)10(13(17)18)8-11(9)16-20-14(2,3)15(4,5)21-16/h7-8,13H,1-6H3. The Kier molecular flexibility index (Phi) is 4.54. The van der Waals surface area contributed by atoms with Crippen LogP contribution in [0.1, 0.15) is 45.2 Å². The van der Waals surface area contributed by atoms with Gasteiger partial charge >= 0.3 is 7.12 Å². The van der Waals surface area contributed by atoms with Gasteiger partial charge in [-0.15, -0.1) is 0 Å². The summed E-state index contributed by atoms with van der Waals surface area (Å²) in [5, 5.41) is 0. The van der Waals surface area contributed by atoms with Gasteiger partial charge in [0.1, 0.15) is 0 Å². The van der Waals surface area contributed by atoms with E-state index < -0.39 is 35.5 Å². The van der Waals surface area contributed by atoms with Crippen molar-refractivity contribution in [3.63, 3.8) is 0 Å². The van der Waals surface area contributed by atoms with Crippen molar-refractivity contribution in [1.29, 1.82) is 0 Å². The van der Waals surface area contributed by atoms with Crippen molar-refractivity contribution in [3.05, 3.63) is 23.3 Å². The molecule has 0 spiro atoms. The van der Waals surface area contributed by atoms with Crippen LogP contribution in [0, 0.1) is 6.92 Å². The van der Waals surface area contributed by atoms with Gasteiger partial charge in [0.05, 0.1) is 22.0 Å². The minimum atomic E-state index is -2.69.